The summed E-state index contributed by atoms with van der Waals surface area (Å²) in [6, 6.07) is 4.11. The highest BCUT2D eigenvalue weighted by Gasteiger charge is 2.24. The molecule has 9 heteroatoms. The molecule has 22 heavy (non-hydrogen) atoms. The van der Waals surface area contributed by atoms with Gasteiger partial charge in [-0.1, -0.05) is 11.6 Å². The first-order valence-electron chi connectivity index (χ1n) is 6.67. The van der Waals surface area contributed by atoms with E-state index in [-0.39, 0.29) is 17.5 Å². The number of carbonyl (C=O) groups excluding carboxylic acids is 1. The number of benzene rings is 1. The van der Waals surface area contributed by atoms with Crippen LogP contribution < -0.4 is 11.1 Å². The molecule has 1 amide bonds. The van der Waals surface area contributed by atoms with Crippen molar-refractivity contribution in [1.82, 2.24) is 4.90 Å². The summed E-state index contributed by atoms with van der Waals surface area (Å²) in [5.74, 6) is -0.416. The summed E-state index contributed by atoms with van der Waals surface area (Å²) in [5.41, 5.74) is 5.61. The summed E-state index contributed by atoms with van der Waals surface area (Å²) in [6.45, 7) is 1.21. The van der Waals surface area contributed by atoms with Crippen LogP contribution in [0, 0.1) is 16.0 Å². The first-order chi connectivity index (χ1) is 10.4. The number of hydrogen-bond donors (Lipinski definition) is 2. The van der Waals surface area contributed by atoms with Crippen molar-refractivity contribution in [3.63, 3.8) is 0 Å². The third kappa shape index (κ3) is 3.83. The summed E-state index contributed by atoms with van der Waals surface area (Å²) >= 11 is 11.3. The van der Waals surface area contributed by atoms with Crippen LogP contribution in [0.3, 0.4) is 0 Å². The zero-order valence-electron chi connectivity index (χ0n) is 11.6. The van der Waals surface area contributed by atoms with Gasteiger partial charge in [-0.25, -0.2) is 0 Å². The van der Waals surface area contributed by atoms with Gasteiger partial charge in [0.25, 0.3) is 5.69 Å². The molecule has 1 aliphatic rings. The molecular formula is C13H15ClN4O3S. The summed E-state index contributed by atoms with van der Waals surface area (Å²) in [6.07, 6.45) is 1.28. The normalized spacial score (nSPS) is 15.4. The van der Waals surface area contributed by atoms with Crippen LogP contribution >= 0.6 is 23.8 Å². The van der Waals surface area contributed by atoms with E-state index in [0.29, 0.717) is 41.8 Å². The van der Waals surface area contributed by atoms with Crippen LogP contribution in [0.15, 0.2) is 18.2 Å². The van der Waals surface area contributed by atoms with E-state index in [0.717, 1.165) is 0 Å². The quantitative estimate of drug-likeness (QED) is 0.495. The number of nitro benzene ring substituents is 1. The van der Waals surface area contributed by atoms with E-state index in [1.807, 2.05) is 4.90 Å². The number of non-ortho nitro benzene ring substituents is 1. The minimum absolute atomic E-state index is 0.0675. The molecule has 1 aromatic rings. The number of primary amides is 1. The Morgan fingerprint density at radius 2 is 2.09 bits per heavy atom. The number of nitrogens with two attached hydrogens (primary N) is 1. The predicted octanol–water partition coefficient (Wildman–Crippen LogP) is 2.14. The molecule has 0 bridgehead atoms. The number of anilines is 1. The number of likely N-dealkylation sites (tertiary alicyclic amines) is 1. The molecule has 1 aromatic carbocycles. The van der Waals surface area contributed by atoms with Gasteiger partial charge in [-0.15, -0.1) is 0 Å². The van der Waals surface area contributed by atoms with Crippen molar-refractivity contribution in [2.75, 3.05) is 18.4 Å². The molecule has 0 saturated carbocycles. The molecule has 1 aliphatic heterocycles. The number of rotatable bonds is 3. The monoisotopic (exact) mass is 342 g/mol. The highest BCUT2D eigenvalue weighted by Crippen LogP contribution is 2.27. The third-order valence-electron chi connectivity index (χ3n) is 3.59. The lowest BCUT2D eigenvalue weighted by Gasteiger charge is -2.32. The topological polar surface area (TPSA) is 102 Å². The Hall–Kier alpha value is -1.93. The van der Waals surface area contributed by atoms with E-state index in [2.05, 4.69) is 5.32 Å². The van der Waals surface area contributed by atoms with Gasteiger partial charge in [-0.2, -0.15) is 0 Å². The maximum atomic E-state index is 11.1. The molecule has 1 heterocycles. The molecule has 0 aromatic heterocycles. The van der Waals surface area contributed by atoms with E-state index in [9.17, 15) is 14.9 Å². The van der Waals surface area contributed by atoms with E-state index < -0.39 is 4.92 Å². The van der Waals surface area contributed by atoms with Crippen LogP contribution in [-0.4, -0.2) is 33.9 Å². The summed E-state index contributed by atoms with van der Waals surface area (Å²) in [5, 5.41) is 14.5. The SMILES string of the molecule is NC(=O)C1CCN(C(=S)Nc2cc([N+](=O)[O-])ccc2Cl)CC1. The minimum atomic E-state index is -0.497. The number of amides is 1. The molecule has 0 spiro atoms. The predicted molar refractivity (Wildman–Crippen MR) is 87.8 cm³/mol. The van der Waals surface area contributed by atoms with Gasteiger partial charge in [-0.05, 0) is 31.1 Å². The molecule has 7 nitrogen and oxygen atoms in total. The van der Waals surface area contributed by atoms with Gasteiger partial charge < -0.3 is 16.0 Å². The average Bonchev–Trinajstić information content (AvgIpc) is 2.49. The lowest BCUT2D eigenvalue weighted by Crippen LogP contribution is -2.43. The maximum absolute atomic E-state index is 11.1. The molecule has 118 valence electrons. The van der Waals surface area contributed by atoms with Gasteiger partial charge in [0, 0.05) is 31.1 Å². The molecule has 0 unspecified atom stereocenters. The largest absolute Gasteiger partial charge is 0.369 e. The van der Waals surface area contributed by atoms with Gasteiger partial charge in [0.1, 0.15) is 0 Å². The second-order valence-corrected chi connectivity index (χ2v) is 5.81. The fourth-order valence-corrected chi connectivity index (χ4v) is 2.74. The number of halogens is 1. The lowest BCUT2D eigenvalue weighted by molar-refractivity contribution is -0.384. The number of nitrogens with zero attached hydrogens (tertiary/aromatic N) is 2. The van der Waals surface area contributed by atoms with Crippen LogP contribution in [0.25, 0.3) is 0 Å². The lowest BCUT2D eigenvalue weighted by atomic mass is 9.97. The first kappa shape index (κ1) is 16.4. The summed E-state index contributed by atoms with van der Waals surface area (Å²) < 4.78 is 0. The van der Waals surface area contributed by atoms with Crippen LogP contribution in [0.2, 0.25) is 5.02 Å². The van der Waals surface area contributed by atoms with Crippen molar-refractivity contribution in [3.05, 3.63) is 33.3 Å². The van der Waals surface area contributed by atoms with Gasteiger partial charge in [0.05, 0.1) is 15.6 Å². The minimum Gasteiger partial charge on any atom is -0.369 e. The number of nitro groups is 1. The van der Waals surface area contributed by atoms with Gasteiger partial charge >= 0.3 is 0 Å². The van der Waals surface area contributed by atoms with E-state index >= 15 is 0 Å². The number of nitrogens with one attached hydrogen (secondary N) is 1. The van der Waals surface area contributed by atoms with E-state index in [1.54, 1.807) is 0 Å². The highest BCUT2D eigenvalue weighted by atomic mass is 35.5. The molecule has 1 fully saturated rings. The fourth-order valence-electron chi connectivity index (χ4n) is 2.28. The zero-order valence-corrected chi connectivity index (χ0v) is 13.2. The highest BCUT2D eigenvalue weighted by molar-refractivity contribution is 7.80. The summed E-state index contributed by atoms with van der Waals surface area (Å²) in [4.78, 5) is 23.3. The van der Waals surface area contributed by atoms with Crippen molar-refractivity contribution in [2.45, 2.75) is 12.8 Å². The Morgan fingerprint density at radius 1 is 1.45 bits per heavy atom. The van der Waals surface area contributed by atoms with Crippen LogP contribution in [-0.2, 0) is 4.79 Å². The van der Waals surface area contributed by atoms with E-state index in [4.69, 9.17) is 29.6 Å². The smallest absolute Gasteiger partial charge is 0.271 e. The molecular weight excluding hydrogens is 328 g/mol. The van der Waals surface area contributed by atoms with Crippen LogP contribution in [0.1, 0.15) is 12.8 Å². The maximum Gasteiger partial charge on any atom is 0.271 e. The Bertz CT molecular complexity index is 617. The van der Waals surface area contributed by atoms with Crippen molar-refractivity contribution in [3.8, 4) is 0 Å². The van der Waals surface area contributed by atoms with Crippen LogP contribution in [0.4, 0.5) is 11.4 Å². The molecule has 0 atom stereocenters. The van der Waals surface area contributed by atoms with E-state index in [1.165, 1.54) is 18.2 Å². The average molecular weight is 343 g/mol. The van der Waals surface area contributed by atoms with Crippen molar-refractivity contribution >= 4 is 46.2 Å². The number of piperidine rings is 1. The number of thiocarbonyl (C=S) groups is 1. The van der Waals surface area contributed by atoms with Crippen molar-refractivity contribution in [1.29, 1.82) is 0 Å². The zero-order chi connectivity index (χ0) is 16.3. The molecule has 2 rings (SSSR count). The second-order valence-electron chi connectivity index (χ2n) is 5.02. The van der Waals surface area contributed by atoms with Crippen molar-refractivity contribution in [2.24, 2.45) is 11.7 Å². The first-order valence-corrected chi connectivity index (χ1v) is 7.46. The Kier molecular flexibility index (Phi) is 5.15. The van der Waals surface area contributed by atoms with Crippen molar-refractivity contribution < 1.29 is 9.72 Å². The summed E-state index contributed by atoms with van der Waals surface area (Å²) in [7, 11) is 0. The second kappa shape index (κ2) is 6.89. The number of hydrogen-bond acceptors (Lipinski definition) is 4. The molecule has 0 radical (unpaired) electrons. The molecule has 3 N–H and O–H groups in total. The Labute approximate surface area is 137 Å². The van der Waals surface area contributed by atoms with Crippen LogP contribution in [0.5, 0.6) is 0 Å². The Morgan fingerprint density at radius 3 is 2.64 bits per heavy atom. The molecule has 1 saturated heterocycles. The van der Waals surface area contributed by atoms with Gasteiger partial charge in [0.2, 0.25) is 5.91 Å². The standard InChI is InChI=1S/C13H15ClN4O3S/c14-10-2-1-9(18(20)21)7-11(10)16-13(22)17-5-3-8(4-6-17)12(15)19/h1-2,7-8H,3-6H2,(H2,15,19)(H,16,22). The third-order valence-corrected chi connectivity index (χ3v) is 4.28. The number of carbonyl (C=O) groups is 1. The van der Waals surface area contributed by atoms with Gasteiger partial charge in [-0.3, -0.25) is 14.9 Å². The Balaban J connectivity index is 2.02. The van der Waals surface area contributed by atoms with Gasteiger partial charge in [0.15, 0.2) is 5.11 Å². The molecule has 0 aliphatic carbocycles. The fraction of sp³-hybridized carbons (Fsp3) is 0.385.